The van der Waals surface area contributed by atoms with E-state index in [0.717, 1.165) is 6.07 Å². The molecule has 21 heavy (non-hydrogen) atoms. The zero-order chi connectivity index (χ0) is 15.3. The van der Waals surface area contributed by atoms with Crippen LogP contribution >= 0.6 is 0 Å². The third kappa shape index (κ3) is 3.81. The summed E-state index contributed by atoms with van der Waals surface area (Å²) in [5, 5.41) is 0. The van der Waals surface area contributed by atoms with Crippen LogP contribution in [0.25, 0.3) is 0 Å². The molecule has 0 saturated carbocycles. The molecule has 0 heterocycles. The van der Waals surface area contributed by atoms with Gasteiger partial charge in [-0.05, 0) is 30.3 Å². The molecule has 0 unspecified atom stereocenters. The Labute approximate surface area is 122 Å². The van der Waals surface area contributed by atoms with Crippen molar-refractivity contribution in [2.45, 2.75) is 4.90 Å². The summed E-state index contributed by atoms with van der Waals surface area (Å²) in [7, 11) is -3.81. The van der Waals surface area contributed by atoms with Gasteiger partial charge in [0.2, 0.25) is 0 Å². The van der Waals surface area contributed by atoms with Crippen LogP contribution in [-0.4, -0.2) is 15.0 Å². The van der Waals surface area contributed by atoms with Crippen molar-refractivity contribution in [1.82, 2.24) is 0 Å². The van der Waals surface area contributed by atoms with E-state index in [1.165, 1.54) is 24.3 Å². The van der Waals surface area contributed by atoms with E-state index in [4.69, 9.17) is 5.73 Å². The second-order valence-corrected chi connectivity index (χ2v) is 5.80. The lowest BCUT2D eigenvalue weighted by molar-refractivity contribution is 0.598. The number of nitrogens with two attached hydrogens (primary N) is 1. The minimum atomic E-state index is -3.81. The molecule has 0 aliphatic heterocycles. The Balaban J connectivity index is 2.28. The molecule has 4 nitrogen and oxygen atoms in total. The predicted octanol–water partition coefficient (Wildman–Crippen LogP) is 1.94. The molecule has 0 radical (unpaired) electrons. The summed E-state index contributed by atoms with van der Waals surface area (Å²) < 4.78 is 40.3. The lowest BCUT2D eigenvalue weighted by atomic mass is 10.2. The van der Waals surface area contributed by atoms with Gasteiger partial charge in [-0.25, -0.2) is 12.8 Å². The Morgan fingerprint density at radius 1 is 1.14 bits per heavy atom. The van der Waals surface area contributed by atoms with Gasteiger partial charge < -0.3 is 5.73 Å². The zero-order valence-corrected chi connectivity index (χ0v) is 11.8. The summed E-state index contributed by atoms with van der Waals surface area (Å²) in [6.45, 7) is 0.171. The molecular weight excluding hydrogens is 291 g/mol. The van der Waals surface area contributed by atoms with Gasteiger partial charge in [0, 0.05) is 5.56 Å². The number of rotatable bonds is 3. The topological polar surface area (TPSA) is 72.2 Å². The molecule has 0 aliphatic rings. The molecule has 3 N–H and O–H groups in total. The first-order valence-electron chi connectivity index (χ1n) is 6.09. The number of hydrogen-bond acceptors (Lipinski definition) is 3. The fraction of sp³-hybridized carbons (Fsp3) is 0.0667. The predicted molar refractivity (Wildman–Crippen MR) is 79.6 cm³/mol. The van der Waals surface area contributed by atoms with Crippen LogP contribution in [0.4, 0.5) is 10.1 Å². The summed E-state index contributed by atoms with van der Waals surface area (Å²) >= 11 is 0. The van der Waals surface area contributed by atoms with Gasteiger partial charge in [0.05, 0.1) is 17.1 Å². The Hall–Kier alpha value is -2.36. The molecule has 2 aromatic rings. The highest BCUT2D eigenvalue weighted by molar-refractivity contribution is 7.92. The van der Waals surface area contributed by atoms with Crippen LogP contribution in [0.2, 0.25) is 0 Å². The second kappa shape index (κ2) is 6.39. The van der Waals surface area contributed by atoms with Crippen molar-refractivity contribution in [1.29, 1.82) is 0 Å². The van der Waals surface area contributed by atoms with E-state index >= 15 is 0 Å². The van der Waals surface area contributed by atoms with E-state index in [-0.39, 0.29) is 17.1 Å². The summed E-state index contributed by atoms with van der Waals surface area (Å²) in [5.74, 6) is 4.58. The first-order chi connectivity index (χ1) is 10.0. The fourth-order valence-corrected chi connectivity index (χ4v) is 2.72. The van der Waals surface area contributed by atoms with Gasteiger partial charge in [-0.15, -0.1) is 0 Å². The minimum absolute atomic E-state index is 0.0661. The molecule has 0 saturated heterocycles. The molecule has 0 amide bonds. The first kappa shape index (κ1) is 15.0. The highest BCUT2D eigenvalue weighted by Gasteiger charge is 2.15. The molecule has 0 bridgehead atoms. The van der Waals surface area contributed by atoms with Crippen LogP contribution < -0.4 is 10.5 Å². The van der Waals surface area contributed by atoms with Crippen LogP contribution in [0.15, 0.2) is 53.4 Å². The standard InChI is InChI=1S/C15H13FN2O2S/c16-14-11-12(5-4-10-17)8-9-15(14)18-21(19,20)13-6-2-1-3-7-13/h1-3,6-9,11,18H,10,17H2. The van der Waals surface area contributed by atoms with E-state index in [1.807, 2.05) is 0 Å². The number of benzene rings is 2. The van der Waals surface area contributed by atoms with Gasteiger partial charge in [0.15, 0.2) is 0 Å². The maximum Gasteiger partial charge on any atom is 0.261 e. The number of nitrogens with one attached hydrogen (secondary N) is 1. The first-order valence-corrected chi connectivity index (χ1v) is 7.57. The molecule has 0 fully saturated rings. The van der Waals surface area contributed by atoms with E-state index in [2.05, 4.69) is 16.6 Å². The van der Waals surface area contributed by atoms with Crippen molar-refractivity contribution in [3.05, 3.63) is 59.9 Å². The Morgan fingerprint density at radius 2 is 1.86 bits per heavy atom. The van der Waals surface area contributed by atoms with Gasteiger partial charge >= 0.3 is 0 Å². The lowest BCUT2D eigenvalue weighted by Crippen LogP contribution is -2.13. The molecule has 108 valence electrons. The normalized spacial score (nSPS) is 10.6. The van der Waals surface area contributed by atoms with Crippen LogP contribution in [-0.2, 0) is 10.0 Å². The number of halogens is 1. The summed E-state index contributed by atoms with van der Waals surface area (Å²) in [4.78, 5) is 0.0661. The Bertz CT molecular complexity index is 793. The van der Waals surface area contributed by atoms with Gasteiger partial charge in [0.1, 0.15) is 5.82 Å². The van der Waals surface area contributed by atoms with Gasteiger partial charge in [0.25, 0.3) is 10.0 Å². The highest BCUT2D eigenvalue weighted by Crippen LogP contribution is 2.19. The van der Waals surface area contributed by atoms with E-state index in [1.54, 1.807) is 18.2 Å². The molecule has 0 atom stereocenters. The monoisotopic (exact) mass is 304 g/mol. The van der Waals surface area contributed by atoms with Crippen LogP contribution in [0, 0.1) is 17.7 Å². The Morgan fingerprint density at radius 3 is 2.48 bits per heavy atom. The summed E-state index contributed by atoms with van der Waals surface area (Å²) in [6, 6.07) is 11.8. The van der Waals surface area contributed by atoms with E-state index in [9.17, 15) is 12.8 Å². The molecule has 0 aliphatic carbocycles. The van der Waals surface area contributed by atoms with Crippen LogP contribution in [0.5, 0.6) is 0 Å². The van der Waals surface area contributed by atoms with E-state index < -0.39 is 15.8 Å². The van der Waals surface area contributed by atoms with E-state index in [0.29, 0.717) is 5.56 Å². The van der Waals surface area contributed by atoms with Gasteiger partial charge in [-0.2, -0.15) is 0 Å². The molecule has 0 spiro atoms. The number of hydrogen-bond donors (Lipinski definition) is 2. The maximum atomic E-state index is 13.9. The van der Waals surface area contributed by atoms with Crippen molar-refractivity contribution in [3.8, 4) is 11.8 Å². The molecular formula is C15H13FN2O2S. The summed E-state index contributed by atoms with van der Waals surface area (Å²) in [6.07, 6.45) is 0. The molecule has 2 rings (SSSR count). The lowest BCUT2D eigenvalue weighted by Gasteiger charge is -2.09. The largest absolute Gasteiger partial charge is 0.320 e. The highest BCUT2D eigenvalue weighted by atomic mass is 32.2. The maximum absolute atomic E-state index is 13.9. The van der Waals surface area contributed by atoms with Crippen molar-refractivity contribution in [2.75, 3.05) is 11.3 Å². The summed E-state index contributed by atoms with van der Waals surface area (Å²) in [5.41, 5.74) is 5.54. The average Bonchev–Trinajstić information content (AvgIpc) is 2.48. The molecule has 6 heteroatoms. The SMILES string of the molecule is NCC#Cc1ccc(NS(=O)(=O)c2ccccc2)c(F)c1. The quantitative estimate of drug-likeness (QED) is 0.851. The van der Waals surface area contributed by atoms with Gasteiger partial charge in [-0.1, -0.05) is 30.0 Å². The second-order valence-electron chi connectivity index (χ2n) is 4.12. The number of anilines is 1. The van der Waals surface area contributed by atoms with Gasteiger partial charge in [-0.3, -0.25) is 4.72 Å². The van der Waals surface area contributed by atoms with Crippen molar-refractivity contribution in [2.24, 2.45) is 5.73 Å². The number of sulfonamides is 1. The smallest absolute Gasteiger partial charge is 0.261 e. The van der Waals surface area contributed by atoms with Crippen molar-refractivity contribution >= 4 is 15.7 Å². The average molecular weight is 304 g/mol. The third-order valence-electron chi connectivity index (χ3n) is 2.60. The fourth-order valence-electron chi connectivity index (χ4n) is 1.63. The van der Waals surface area contributed by atoms with Crippen LogP contribution in [0.1, 0.15) is 5.56 Å². The minimum Gasteiger partial charge on any atom is -0.320 e. The Kier molecular flexibility index (Phi) is 4.58. The van der Waals surface area contributed by atoms with Crippen LogP contribution in [0.3, 0.4) is 0 Å². The van der Waals surface area contributed by atoms with Crippen molar-refractivity contribution < 1.29 is 12.8 Å². The zero-order valence-electron chi connectivity index (χ0n) is 11.0. The van der Waals surface area contributed by atoms with Crippen molar-refractivity contribution in [3.63, 3.8) is 0 Å². The third-order valence-corrected chi connectivity index (χ3v) is 3.98. The molecule has 2 aromatic carbocycles. The molecule has 0 aromatic heterocycles.